The number of rotatable bonds is 4. The van der Waals surface area contributed by atoms with Gasteiger partial charge in [-0.05, 0) is 48.5 Å². The molecular formula is C21H16N6O. The molecule has 7 nitrogen and oxygen atoms in total. The van der Waals surface area contributed by atoms with E-state index in [2.05, 4.69) is 20.5 Å². The van der Waals surface area contributed by atoms with Crippen molar-refractivity contribution in [1.82, 2.24) is 25.1 Å². The fraction of sp³-hybridized carbons (Fsp3) is 0.0476. The van der Waals surface area contributed by atoms with Crippen molar-refractivity contribution in [2.45, 2.75) is 0 Å². The Morgan fingerprint density at radius 3 is 2.82 bits per heavy atom. The van der Waals surface area contributed by atoms with Crippen molar-refractivity contribution >= 4 is 33.3 Å². The number of fused-ring (bicyclic) bond motifs is 2. The van der Waals surface area contributed by atoms with Gasteiger partial charge in [-0.1, -0.05) is 0 Å². The molecule has 0 bridgehead atoms. The summed E-state index contributed by atoms with van der Waals surface area (Å²) >= 11 is 0. The fourth-order valence-electron chi connectivity index (χ4n) is 3.11. The number of methoxy groups -OCH3 is 1. The molecule has 0 amide bonds. The second-order valence-corrected chi connectivity index (χ2v) is 6.32. The Labute approximate surface area is 160 Å². The molecule has 0 saturated heterocycles. The summed E-state index contributed by atoms with van der Waals surface area (Å²) in [6.45, 7) is 0. The van der Waals surface area contributed by atoms with E-state index < -0.39 is 0 Å². The summed E-state index contributed by atoms with van der Waals surface area (Å²) in [6.07, 6.45) is 5.28. The van der Waals surface area contributed by atoms with E-state index in [0.717, 1.165) is 38.8 Å². The number of ether oxygens (including phenoxy) is 1. The van der Waals surface area contributed by atoms with Crippen LogP contribution in [0.25, 0.3) is 33.2 Å². The molecule has 0 atom stereocenters. The van der Waals surface area contributed by atoms with Crippen molar-refractivity contribution in [1.29, 1.82) is 0 Å². The molecule has 0 fully saturated rings. The molecule has 7 heteroatoms. The number of hydrogen-bond donors (Lipinski definition) is 2. The standard InChI is InChI=1S/C21H16N6O/c1-28-16-6-7-18-17(10-16)21(26-20(25-18)14-3-2-8-22-11-14)24-15-5-4-13-12-23-27-19(13)9-15/h2-12H,1H3,(H,23,27)(H,24,25,26). The number of pyridine rings is 1. The summed E-state index contributed by atoms with van der Waals surface area (Å²) < 4.78 is 5.38. The number of aromatic amines is 1. The van der Waals surface area contributed by atoms with E-state index in [9.17, 15) is 0 Å². The Kier molecular flexibility index (Phi) is 3.83. The zero-order valence-electron chi connectivity index (χ0n) is 15.0. The molecular weight excluding hydrogens is 352 g/mol. The van der Waals surface area contributed by atoms with Gasteiger partial charge < -0.3 is 10.1 Å². The number of nitrogens with zero attached hydrogens (tertiary/aromatic N) is 4. The monoisotopic (exact) mass is 368 g/mol. The van der Waals surface area contributed by atoms with Crippen LogP contribution in [-0.4, -0.2) is 32.3 Å². The number of aromatic nitrogens is 5. The van der Waals surface area contributed by atoms with E-state index in [1.54, 1.807) is 25.7 Å². The normalized spacial score (nSPS) is 11.0. The van der Waals surface area contributed by atoms with E-state index in [1.165, 1.54) is 0 Å². The first-order valence-electron chi connectivity index (χ1n) is 8.76. The van der Waals surface area contributed by atoms with Gasteiger partial charge in [0.1, 0.15) is 11.6 Å². The molecule has 0 aliphatic heterocycles. The first-order valence-corrected chi connectivity index (χ1v) is 8.76. The minimum absolute atomic E-state index is 0.607. The number of hydrogen-bond acceptors (Lipinski definition) is 6. The molecule has 28 heavy (non-hydrogen) atoms. The third kappa shape index (κ3) is 2.88. The largest absolute Gasteiger partial charge is 0.497 e. The minimum Gasteiger partial charge on any atom is -0.497 e. The molecule has 5 aromatic rings. The highest BCUT2D eigenvalue weighted by Gasteiger charge is 2.12. The molecule has 0 radical (unpaired) electrons. The first-order chi connectivity index (χ1) is 13.8. The molecule has 0 aliphatic carbocycles. The number of H-pyrrole nitrogens is 1. The van der Waals surface area contributed by atoms with E-state index >= 15 is 0 Å². The van der Waals surface area contributed by atoms with Gasteiger partial charge in [-0.2, -0.15) is 5.10 Å². The van der Waals surface area contributed by atoms with Gasteiger partial charge in [-0.25, -0.2) is 9.97 Å². The Morgan fingerprint density at radius 2 is 1.96 bits per heavy atom. The topological polar surface area (TPSA) is 88.6 Å². The predicted octanol–water partition coefficient (Wildman–Crippen LogP) is 4.32. The van der Waals surface area contributed by atoms with Crippen LogP contribution in [0.2, 0.25) is 0 Å². The van der Waals surface area contributed by atoms with Crippen molar-refractivity contribution in [2.24, 2.45) is 0 Å². The van der Waals surface area contributed by atoms with Gasteiger partial charge in [0, 0.05) is 34.4 Å². The average molecular weight is 368 g/mol. The highest BCUT2D eigenvalue weighted by atomic mass is 16.5. The summed E-state index contributed by atoms with van der Waals surface area (Å²) in [4.78, 5) is 13.6. The van der Waals surface area contributed by atoms with Crippen LogP contribution in [-0.2, 0) is 0 Å². The molecule has 2 aromatic carbocycles. The zero-order chi connectivity index (χ0) is 18.9. The Morgan fingerprint density at radius 1 is 1.00 bits per heavy atom. The Hall–Kier alpha value is -4.00. The summed E-state index contributed by atoms with van der Waals surface area (Å²) in [6, 6.07) is 15.6. The van der Waals surface area contributed by atoms with Gasteiger partial charge in [0.15, 0.2) is 5.82 Å². The molecule has 0 spiro atoms. The number of benzene rings is 2. The van der Waals surface area contributed by atoms with Gasteiger partial charge in [0.2, 0.25) is 0 Å². The molecule has 0 unspecified atom stereocenters. The summed E-state index contributed by atoms with van der Waals surface area (Å²) in [7, 11) is 1.64. The van der Waals surface area contributed by atoms with Gasteiger partial charge in [0.25, 0.3) is 0 Å². The van der Waals surface area contributed by atoms with Gasteiger partial charge >= 0.3 is 0 Å². The van der Waals surface area contributed by atoms with Crippen LogP contribution < -0.4 is 10.1 Å². The second kappa shape index (κ2) is 6.62. The summed E-state index contributed by atoms with van der Waals surface area (Å²) in [5.74, 6) is 2.05. The lowest BCUT2D eigenvalue weighted by atomic mass is 10.2. The van der Waals surface area contributed by atoms with Crippen molar-refractivity contribution in [3.05, 3.63) is 67.1 Å². The zero-order valence-corrected chi connectivity index (χ0v) is 15.0. The third-order valence-corrected chi connectivity index (χ3v) is 4.53. The smallest absolute Gasteiger partial charge is 0.163 e. The van der Waals surface area contributed by atoms with Crippen LogP contribution in [0.5, 0.6) is 5.75 Å². The van der Waals surface area contributed by atoms with Crippen LogP contribution >= 0.6 is 0 Å². The van der Waals surface area contributed by atoms with Crippen molar-refractivity contribution in [3.8, 4) is 17.1 Å². The number of anilines is 2. The van der Waals surface area contributed by atoms with Crippen LogP contribution in [0.3, 0.4) is 0 Å². The molecule has 3 aromatic heterocycles. The maximum Gasteiger partial charge on any atom is 0.163 e. The summed E-state index contributed by atoms with van der Waals surface area (Å²) in [5, 5.41) is 12.4. The molecule has 0 aliphatic rings. The fourth-order valence-corrected chi connectivity index (χ4v) is 3.11. The second-order valence-electron chi connectivity index (χ2n) is 6.32. The van der Waals surface area contributed by atoms with Crippen LogP contribution in [0.4, 0.5) is 11.5 Å². The lowest BCUT2D eigenvalue weighted by Gasteiger charge is -2.12. The van der Waals surface area contributed by atoms with Gasteiger partial charge in [-0.3, -0.25) is 10.1 Å². The van der Waals surface area contributed by atoms with Crippen molar-refractivity contribution in [2.75, 3.05) is 12.4 Å². The van der Waals surface area contributed by atoms with E-state index in [0.29, 0.717) is 11.6 Å². The maximum absolute atomic E-state index is 5.38. The van der Waals surface area contributed by atoms with Crippen molar-refractivity contribution in [3.63, 3.8) is 0 Å². The molecule has 136 valence electrons. The Balaban J connectivity index is 1.67. The highest BCUT2D eigenvalue weighted by molar-refractivity contribution is 5.94. The number of nitrogens with one attached hydrogen (secondary N) is 2. The van der Waals surface area contributed by atoms with Crippen LogP contribution in [0, 0.1) is 0 Å². The molecule has 0 saturated carbocycles. The highest BCUT2D eigenvalue weighted by Crippen LogP contribution is 2.30. The molecule has 5 rings (SSSR count). The van der Waals surface area contributed by atoms with Gasteiger partial charge in [-0.15, -0.1) is 0 Å². The summed E-state index contributed by atoms with van der Waals surface area (Å²) in [5.41, 5.74) is 3.53. The maximum atomic E-state index is 5.38. The van der Waals surface area contributed by atoms with Gasteiger partial charge in [0.05, 0.1) is 24.3 Å². The van der Waals surface area contributed by atoms with Crippen molar-refractivity contribution < 1.29 is 4.74 Å². The SMILES string of the molecule is COc1ccc2nc(-c3cccnc3)nc(Nc3ccc4cn[nH]c4c3)c2c1. The first kappa shape index (κ1) is 16.2. The lowest BCUT2D eigenvalue weighted by molar-refractivity contribution is 0.415. The predicted molar refractivity (Wildman–Crippen MR) is 109 cm³/mol. The molecule has 3 heterocycles. The average Bonchev–Trinajstić information content (AvgIpc) is 3.22. The Bertz CT molecular complexity index is 1280. The quantitative estimate of drug-likeness (QED) is 0.491. The minimum atomic E-state index is 0.607. The molecule has 2 N–H and O–H groups in total. The lowest BCUT2D eigenvalue weighted by Crippen LogP contribution is -2.00. The van der Waals surface area contributed by atoms with Crippen LogP contribution in [0.15, 0.2) is 67.1 Å². The third-order valence-electron chi connectivity index (χ3n) is 4.53. The van der Waals surface area contributed by atoms with E-state index in [4.69, 9.17) is 14.7 Å². The van der Waals surface area contributed by atoms with E-state index in [-0.39, 0.29) is 0 Å². The van der Waals surface area contributed by atoms with Crippen LogP contribution in [0.1, 0.15) is 0 Å². The van der Waals surface area contributed by atoms with E-state index in [1.807, 2.05) is 48.5 Å².